The van der Waals surface area contributed by atoms with Gasteiger partial charge in [0, 0.05) is 6.61 Å². The van der Waals surface area contributed by atoms with Crippen LogP contribution in [0.1, 0.15) is 39.0 Å². The Morgan fingerprint density at radius 2 is 1.75 bits per heavy atom. The van der Waals surface area contributed by atoms with Crippen molar-refractivity contribution in [2.24, 2.45) is 0 Å². The summed E-state index contributed by atoms with van der Waals surface area (Å²) in [6.07, 6.45) is 6.20. The fraction of sp³-hybridized carbons (Fsp3) is 1.00. The highest BCUT2D eigenvalue weighted by Gasteiger charge is 1.89. The lowest BCUT2D eigenvalue weighted by Crippen LogP contribution is -2.01. The average Bonchev–Trinajstić information content (AvgIpc) is 2.10. The van der Waals surface area contributed by atoms with Gasteiger partial charge in [-0.15, -0.1) is 0 Å². The van der Waals surface area contributed by atoms with E-state index >= 15 is 0 Å². The summed E-state index contributed by atoms with van der Waals surface area (Å²) >= 11 is 0. The van der Waals surface area contributed by atoms with Crippen LogP contribution in [0.25, 0.3) is 0 Å². The lowest BCUT2D eigenvalue weighted by Gasteiger charge is -2.02. The largest absolute Gasteiger partial charge is 0.371 e. The van der Waals surface area contributed by atoms with Gasteiger partial charge in [-0.3, -0.25) is 0 Å². The van der Waals surface area contributed by atoms with Gasteiger partial charge in [0.2, 0.25) is 0 Å². The van der Waals surface area contributed by atoms with E-state index < -0.39 is 0 Å². The van der Waals surface area contributed by atoms with Crippen molar-refractivity contribution in [3.8, 4) is 0 Å². The molecule has 0 unspecified atom stereocenters. The molecule has 0 rings (SSSR count). The number of hydrogen-bond donors (Lipinski definition) is 1. The molecular formula is C9H20O3. The zero-order valence-corrected chi connectivity index (χ0v) is 7.92. The van der Waals surface area contributed by atoms with E-state index in [1.807, 2.05) is 0 Å². The molecule has 0 fully saturated rings. The number of ether oxygens (including phenoxy) is 2. The maximum Gasteiger partial charge on any atom is 0.149 e. The zero-order valence-electron chi connectivity index (χ0n) is 7.92. The smallest absolute Gasteiger partial charge is 0.149 e. The molecule has 3 nitrogen and oxygen atoms in total. The van der Waals surface area contributed by atoms with Gasteiger partial charge in [0.25, 0.3) is 0 Å². The van der Waals surface area contributed by atoms with Crippen LogP contribution < -0.4 is 0 Å². The van der Waals surface area contributed by atoms with Gasteiger partial charge >= 0.3 is 0 Å². The summed E-state index contributed by atoms with van der Waals surface area (Å²) in [7, 11) is 0. The molecule has 0 saturated heterocycles. The highest BCUT2D eigenvalue weighted by molar-refractivity contribution is 4.40. The fourth-order valence-electron chi connectivity index (χ4n) is 0.963. The Morgan fingerprint density at radius 3 is 2.42 bits per heavy atom. The van der Waals surface area contributed by atoms with Crippen LogP contribution in [0.15, 0.2) is 0 Å². The van der Waals surface area contributed by atoms with E-state index in [9.17, 15) is 0 Å². The summed E-state index contributed by atoms with van der Waals surface area (Å²) in [5.41, 5.74) is 0. The highest BCUT2D eigenvalue weighted by Crippen LogP contribution is 2.01. The summed E-state index contributed by atoms with van der Waals surface area (Å²) in [5, 5.41) is 8.24. The van der Waals surface area contributed by atoms with Crippen LogP contribution in [0, 0.1) is 0 Å². The van der Waals surface area contributed by atoms with Crippen LogP contribution in [0.4, 0.5) is 0 Å². The molecule has 0 atom stereocenters. The maximum absolute atomic E-state index is 8.24. The molecule has 0 bridgehead atoms. The van der Waals surface area contributed by atoms with E-state index in [1.165, 1.54) is 25.7 Å². The SMILES string of the molecule is CCCCCCCOCOCO. The number of aliphatic hydroxyl groups is 1. The van der Waals surface area contributed by atoms with Gasteiger partial charge < -0.3 is 14.6 Å². The molecule has 0 aliphatic carbocycles. The predicted octanol–water partition coefficient (Wildman–Crippen LogP) is 1.90. The Hall–Kier alpha value is -0.120. The van der Waals surface area contributed by atoms with E-state index in [1.54, 1.807) is 0 Å². The lowest BCUT2D eigenvalue weighted by molar-refractivity contribution is -0.108. The standard InChI is InChI=1S/C9H20O3/c1-2-3-4-5-6-7-11-9-12-8-10/h10H,2-9H2,1H3. The first-order valence-electron chi connectivity index (χ1n) is 4.68. The van der Waals surface area contributed by atoms with Crippen molar-refractivity contribution in [3.63, 3.8) is 0 Å². The van der Waals surface area contributed by atoms with Gasteiger partial charge in [-0.05, 0) is 6.42 Å². The minimum Gasteiger partial charge on any atom is -0.371 e. The Kier molecular flexibility index (Phi) is 10.8. The topological polar surface area (TPSA) is 38.7 Å². The van der Waals surface area contributed by atoms with E-state index in [4.69, 9.17) is 9.84 Å². The van der Waals surface area contributed by atoms with Crippen molar-refractivity contribution >= 4 is 0 Å². The monoisotopic (exact) mass is 176 g/mol. The second-order valence-corrected chi connectivity index (χ2v) is 2.77. The number of hydrogen-bond acceptors (Lipinski definition) is 3. The highest BCUT2D eigenvalue weighted by atomic mass is 16.7. The summed E-state index contributed by atoms with van der Waals surface area (Å²) in [5.74, 6) is 0. The second kappa shape index (κ2) is 10.9. The maximum atomic E-state index is 8.24. The van der Waals surface area contributed by atoms with Gasteiger partial charge in [0.1, 0.15) is 13.6 Å². The molecule has 0 amide bonds. The molecule has 0 radical (unpaired) electrons. The van der Waals surface area contributed by atoms with E-state index in [0.717, 1.165) is 13.0 Å². The Bertz CT molecular complexity index is 66.2. The first kappa shape index (κ1) is 11.9. The zero-order chi connectivity index (χ0) is 9.07. The van der Waals surface area contributed by atoms with Crippen LogP contribution in [0.3, 0.4) is 0 Å². The Labute approximate surface area is 74.7 Å². The van der Waals surface area contributed by atoms with E-state index in [-0.39, 0.29) is 13.6 Å². The normalized spacial score (nSPS) is 10.5. The van der Waals surface area contributed by atoms with Crippen molar-refractivity contribution < 1.29 is 14.6 Å². The van der Waals surface area contributed by atoms with Crippen LogP contribution in [0.5, 0.6) is 0 Å². The molecule has 0 aromatic heterocycles. The first-order valence-corrected chi connectivity index (χ1v) is 4.68. The van der Waals surface area contributed by atoms with Crippen LogP contribution in [-0.4, -0.2) is 25.3 Å². The quantitative estimate of drug-likeness (QED) is 0.431. The summed E-state index contributed by atoms with van der Waals surface area (Å²) in [4.78, 5) is 0. The van der Waals surface area contributed by atoms with E-state index in [2.05, 4.69) is 11.7 Å². The Morgan fingerprint density at radius 1 is 1.00 bits per heavy atom. The third-order valence-electron chi connectivity index (χ3n) is 1.65. The van der Waals surface area contributed by atoms with Gasteiger partial charge in [-0.2, -0.15) is 0 Å². The number of aliphatic hydroxyl groups excluding tert-OH is 1. The first-order chi connectivity index (χ1) is 5.91. The molecule has 12 heavy (non-hydrogen) atoms. The molecule has 0 aliphatic rings. The molecule has 1 N–H and O–H groups in total. The minimum absolute atomic E-state index is 0.213. The summed E-state index contributed by atoms with van der Waals surface area (Å²) in [6, 6.07) is 0. The molecule has 0 spiro atoms. The van der Waals surface area contributed by atoms with Crippen LogP contribution in [-0.2, 0) is 9.47 Å². The van der Waals surface area contributed by atoms with Crippen molar-refractivity contribution in [1.82, 2.24) is 0 Å². The molecule has 0 aliphatic heterocycles. The minimum atomic E-state index is -0.254. The third-order valence-corrected chi connectivity index (χ3v) is 1.65. The van der Waals surface area contributed by atoms with Crippen LogP contribution in [0.2, 0.25) is 0 Å². The molecule has 74 valence electrons. The van der Waals surface area contributed by atoms with E-state index in [0.29, 0.717) is 0 Å². The van der Waals surface area contributed by atoms with Crippen molar-refractivity contribution in [2.75, 3.05) is 20.2 Å². The molecule has 0 aromatic carbocycles. The molecule has 3 heteroatoms. The van der Waals surface area contributed by atoms with Gasteiger partial charge in [-0.25, -0.2) is 0 Å². The molecule has 0 saturated carbocycles. The second-order valence-electron chi connectivity index (χ2n) is 2.77. The van der Waals surface area contributed by atoms with Crippen molar-refractivity contribution in [3.05, 3.63) is 0 Å². The number of rotatable bonds is 9. The van der Waals surface area contributed by atoms with Crippen LogP contribution >= 0.6 is 0 Å². The average molecular weight is 176 g/mol. The number of unbranched alkanes of at least 4 members (excludes halogenated alkanes) is 4. The predicted molar refractivity (Wildman–Crippen MR) is 47.7 cm³/mol. The van der Waals surface area contributed by atoms with Gasteiger partial charge in [0.05, 0.1) is 0 Å². The van der Waals surface area contributed by atoms with Crippen molar-refractivity contribution in [2.45, 2.75) is 39.0 Å². The van der Waals surface area contributed by atoms with Gasteiger partial charge in [-0.1, -0.05) is 32.6 Å². The molecular weight excluding hydrogens is 156 g/mol. The van der Waals surface area contributed by atoms with Gasteiger partial charge in [0.15, 0.2) is 0 Å². The third kappa shape index (κ3) is 9.88. The Balaban J connectivity index is 2.73. The van der Waals surface area contributed by atoms with Crippen molar-refractivity contribution in [1.29, 1.82) is 0 Å². The molecule has 0 aromatic rings. The molecule has 0 heterocycles. The summed E-state index contributed by atoms with van der Waals surface area (Å²) in [6.45, 7) is 2.90. The lowest BCUT2D eigenvalue weighted by atomic mass is 10.2. The fourth-order valence-corrected chi connectivity index (χ4v) is 0.963. The summed E-state index contributed by atoms with van der Waals surface area (Å²) < 4.78 is 9.67.